The summed E-state index contributed by atoms with van der Waals surface area (Å²) in [5.41, 5.74) is 0.00914. The summed E-state index contributed by atoms with van der Waals surface area (Å²) in [5, 5.41) is 3.18. The maximum Gasteiger partial charge on any atom is 0.408 e. The van der Waals surface area contributed by atoms with Crippen molar-refractivity contribution in [1.29, 1.82) is 0 Å². The van der Waals surface area contributed by atoms with Gasteiger partial charge in [-0.2, -0.15) is 0 Å². The van der Waals surface area contributed by atoms with Gasteiger partial charge in [0.1, 0.15) is 11.6 Å². The number of ether oxygens (including phenoxy) is 1. The number of hydrogen-bond donors (Lipinski definition) is 1. The first-order valence-corrected chi connectivity index (χ1v) is 8.07. The van der Waals surface area contributed by atoms with Crippen LogP contribution in [0.5, 0.6) is 0 Å². The topological polar surface area (TPSA) is 58.6 Å². The predicted molar refractivity (Wildman–Crippen MR) is 89.4 cm³/mol. The molecule has 0 radical (unpaired) electrons. The Morgan fingerprint density at radius 2 is 2.00 bits per heavy atom. The van der Waals surface area contributed by atoms with E-state index in [1.807, 2.05) is 0 Å². The molecule has 1 fully saturated rings. The van der Waals surface area contributed by atoms with E-state index in [2.05, 4.69) is 5.32 Å². The highest BCUT2D eigenvalue weighted by atomic mass is 35.5. The van der Waals surface area contributed by atoms with Crippen molar-refractivity contribution < 1.29 is 14.3 Å². The van der Waals surface area contributed by atoms with E-state index in [9.17, 15) is 9.59 Å². The molecule has 0 aliphatic heterocycles. The second kappa shape index (κ2) is 6.79. The number of hydrogen-bond acceptors (Lipinski definition) is 3. The largest absolute Gasteiger partial charge is 0.444 e. The number of likely N-dealkylation sites (N-methyl/N-ethyl adjacent to an activating group) is 1. The number of nitrogens with zero attached hydrogens (tertiary/aromatic N) is 1. The van der Waals surface area contributed by atoms with E-state index in [0.717, 1.165) is 12.8 Å². The number of benzene rings is 1. The quantitative estimate of drug-likeness (QED) is 0.913. The lowest BCUT2D eigenvalue weighted by Gasteiger charge is -2.27. The average molecular weight is 339 g/mol. The molecule has 23 heavy (non-hydrogen) atoms. The molecule has 126 valence electrons. The molecule has 0 aromatic heterocycles. The maximum atomic E-state index is 12.8. The molecule has 1 aromatic carbocycles. The normalized spacial score (nSPS) is 15.7. The Morgan fingerprint density at radius 3 is 2.52 bits per heavy atom. The number of nitrogens with one attached hydrogen (secondary N) is 1. The molecule has 1 aliphatic rings. The third-order valence-corrected chi connectivity index (χ3v) is 3.77. The van der Waals surface area contributed by atoms with Gasteiger partial charge >= 0.3 is 6.09 Å². The van der Waals surface area contributed by atoms with Crippen LogP contribution >= 0.6 is 11.6 Å². The third-order valence-electron chi connectivity index (χ3n) is 3.53. The average Bonchev–Trinajstić information content (AvgIpc) is 3.26. The van der Waals surface area contributed by atoms with Crippen LogP contribution in [0.15, 0.2) is 24.3 Å². The van der Waals surface area contributed by atoms with Gasteiger partial charge in [0.25, 0.3) is 0 Å². The number of carbonyl (C=O) groups is 2. The van der Waals surface area contributed by atoms with Crippen molar-refractivity contribution in [3.05, 3.63) is 34.9 Å². The number of rotatable bonds is 4. The van der Waals surface area contributed by atoms with E-state index in [4.69, 9.17) is 16.3 Å². The van der Waals surface area contributed by atoms with E-state index in [1.165, 1.54) is 0 Å². The van der Waals surface area contributed by atoms with Crippen molar-refractivity contribution >= 4 is 23.6 Å². The van der Waals surface area contributed by atoms with Crippen LogP contribution in [0.3, 0.4) is 0 Å². The van der Waals surface area contributed by atoms with Gasteiger partial charge in [-0.3, -0.25) is 4.79 Å². The fourth-order valence-corrected chi connectivity index (χ4v) is 2.44. The summed E-state index contributed by atoms with van der Waals surface area (Å²) in [4.78, 5) is 26.5. The smallest absolute Gasteiger partial charge is 0.408 e. The molecule has 1 aliphatic carbocycles. The highest BCUT2D eigenvalue weighted by Crippen LogP contribution is 2.29. The predicted octanol–water partition coefficient (Wildman–Crippen LogP) is 3.53. The van der Waals surface area contributed by atoms with Gasteiger partial charge in [-0.25, -0.2) is 4.79 Å². The molecular weight excluding hydrogens is 316 g/mol. The van der Waals surface area contributed by atoms with Gasteiger partial charge in [-0.15, -0.1) is 0 Å². The lowest BCUT2D eigenvalue weighted by atomic mass is 10.1. The summed E-state index contributed by atoms with van der Waals surface area (Å²) in [6.07, 6.45) is 1.37. The van der Waals surface area contributed by atoms with Crippen molar-refractivity contribution in [2.24, 2.45) is 0 Å². The van der Waals surface area contributed by atoms with Crippen molar-refractivity contribution in [1.82, 2.24) is 10.2 Å². The van der Waals surface area contributed by atoms with E-state index >= 15 is 0 Å². The molecule has 2 rings (SSSR count). The SMILES string of the molecule is CN(C(=O)C(NC(=O)OC(C)(C)C)c1cccc(Cl)c1)C1CC1. The van der Waals surface area contributed by atoms with Crippen molar-refractivity contribution in [3.8, 4) is 0 Å². The molecule has 1 N–H and O–H groups in total. The van der Waals surface area contributed by atoms with Crippen LogP contribution in [0.25, 0.3) is 0 Å². The number of amides is 2. The molecule has 0 saturated heterocycles. The van der Waals surface area contributed by atoms with Crippen molar-refractivity contribution in [2.45, 2.75) is 51.3 Å². The molecule has 6 heteroatoms. The highest BCUT2D eigenvalue weighted by molar-refractivity contribution is 6.30. The summed E-state index contributed by atoms with van der Waals surface area (Å²) in [7, 11) is 1.76. The minimum absolute atomic E-state index is 0.166. The standard InChI is InChI=1S/C17H23ClN2O3/c1-17(2,3)23-16(22)19-14(11-6-5-7-12(18)10-11)15(21)20(4)13-8-9-13/h5-7,10,13-14H,8-9H2,1-4H3,(H,19,22). The molecule has 1 saturated carbocycles. The van der Waals surface area contributed by atoms with Crippen LogP contribution in [0.1, 0.15) is 45.2 Å². The number of halogens is 1. The molecule has 1 atom stereocenters. The lowest BCUT2D eigenvalue weighted by molar-refractivity contribution is -0.132. The van der Waals surface area contributed by atoms with Crippen LogP contribution < -0.4 is 5.32 Å². The monoisotopic (exact) mass is 338 g/mol. The Balaban J connectivity index is 2.20. The van der Waals surface area contributed by atoms with Crippen molar-refractivity contribution in [2.75, 3.05) is 7.05 Å². The summed E-state index contributed by atoms with van der Waals surface area (Å²) >= 11 is 6.02. The Labute approximate surface area is 141 Å². The van der Waals surface area contributed by atoms with Gasteiger partial charge in [0.05, 0.1) is 0 Å². The van der Waals surface area contributed by atoms with Gasteiger partial charge in [-0.1, -0.05) is 23.7 Å². The van der Waals surface area contributed by atoms with Gasteiger partial charge in [0.2, 0.25) is 5.91 Å². The zero-order valence-electron chi connectivity index (χ0n) is 13.9. The molecule has 5 nitrogen and oxygen atoms in total. The molecular formula is C17H23ClN2O3. The van der Waals surface area contributed by atoms with Crippen LogP contribution in [0, 0.1) is 0 Å². The molecule has 0 heterocycles. The molecule has 1 unspecified atom stereocenters. The van der Waals surface area contributed by atoms with E-state index < -0.39 is 17.7 Å². The molecule has 2 amide bonds. The number of carbonyl (C=O) groups excluding carboxylic acids is 2. The van der Waals surface area contributed by atoms with E-state index in [-0.39, 0.29) is 11.9 Å². The summed E-state index contributed by atoms with van der Waals surface area (Å²) in [6, 6.07) is 6.38. The third kappa shape index (κ3) is 5.13. The maximum absolute atomic E-state index is 12.8. The van der Waals surface area contributed by atoms with Gasteiger partial charge in [0.15, 0.2) is 0 Å². The van der Waals surface area contributed by atoms with E-state index in [0.29, 0.717) is 10.6 Å². The Hall–Kier alpha value is -1.75. The van der Waals surface area contributed by atoms with E-state index in [1.54, 1.807) is 57.0 Å². The Bertz CT molecular complexity index is 594. The summed E-state index contributed by atoms with van der Waals surface area (Å²) < 4.78 is 5.27. The highest BCUT2D eigenvalue weighted by Gasteiger charge is 2.35. The first-order valence-electron chi connectivity index (χ1n) is 7.69. The minimum atomic E-state index is -0.811. The van der Waals surface area contributed by atoms with Crippen LogP contribution in [-0.2, 0) is 9.53 Å². The Morgan fingerprint density at radius 1 is 1.35 bits per heavy atom. The second-order valence-electron chi connectivity index (χ2n) is 6.81. The minimum Gasteiger partial charge on any atom is -0.444 e. The zero-order chi connectivity index (χ0) is 17.2. The molecule has 0 spiro atoms. The van der Waals surface area contributed by atoms with Crippen LogP contribution in [0.4, 0.5) is 4.79 Å². The summed E-state index contributed by atoms with van der Waals surface area (Å²) in [6.45, 7) is 5.33. The lowest BCUT2D eigenvalue weighted by Crippen LogP contribution is -2.43. The fraction of sp³-hybridized carbons (Fsp3) is 0.529. The molecule has 1 aromatic rings. The molecule has 0 bridgehead atoms. The van der Waals surface area contributed by atoms with Crippen LogP contribution in [-0.4, -0.2) is 35.6 Å². The van der Waals surface area contributed by atoms with Gasteiger partial charge in [0, 0.05) is 18.1 Å². The van der Waals surface area contributed by atoms with Crippen molar-refractivity contribution in [3.63, 3.8) is 0 Å². The number of alkyl carbamates (subject to hydrolysis) is 1. The fourth-order valence-electron chi connectivity index (χ4n) is 2.24. The van der Waals surface area contributed by atoms with Gasteiger partial charge < -0.3 is 15.0 Å². The summed E-state index contributed by atoms with van der Waals surface area (Å²) in [5.74, 6) is -0.166. The Kier molecular flexibility index (Phi) is 5.19. The first-order chi connectivity index (χ1) is 10.7. The first kappa shape index (κ1) is 17.6. The van der Waals surface area contributed by atoms with Crippen LogP contribution in [0.2, 0.25) is 5.02 Å². The zero-order valence-corrected chi connectivity index (χ0v) is 14.7. The van der Waals surface area contributed by atoms with Gasteiger partial charge in [-0.05, 0) is 51.3 Å². The second-order valence-corrected chi connectivity index (χ2v) is 7.25.